The number of ether oxygens (including phenoxy) is 1. The van der Waals surface area contributed by atoms with E-state index >= 15 is 0 Å². The molecule has 2 aliphatic heterocycles. The van der Waals surface area contributed by atoms with E-state index < -0.39 is 0 Å². The van der Waals surface area contributed by atoms with Crippen LogP contribution in [0.25, 0.3) is 0 Å². The van der Waals surface area contributed by atoms with Gasteiger partial charge in [-0.25, -0.2) is 0 Å². The standard InChI is InChI=1S/C17H22BrNO/c1-4-14-9-10-17(20-14)16(2,3)11-15(19-17)12-5-7-13(18)8-6-12/h5-8,14H,4,9-11H2,1-3H3. The number of aliphatic imine (C=N–C) groups is 1. The highest BCUT2D eigenvalue weighted by Gasteiger charge is 2.55. The van der Waals surface area contributed by atoms with Crippen molar-refractivity contribution in [1.29, 1.82) is 0 Å². The molecule has 20 heavy (non-hydrogen) atoms. The maximum Gasteiger partial charge on any atom is 0.165 e. The molecular weight excluding hydrogens is 314 g/mol. The molecule has 0 aliphatic carbocycles. The summed E-state index contributed by atoms with van der Waals surface area (Å²) in [6, 6.07) is 8.45. The van der Waals surface area contributed by atoms with Crippen molar-refractivity contribution in [2.45, 2.75) is 58.3 Å². The van der Waals surface area contributed by atoms with Gasteiger partial charge in [0, 0.05) is 15.6 Å². The van der Waals surface area contributed by atoms with E-state index in [1.54, 1.807) is 0 Å². The number of hydrogen-bond acceptors (Lipinski definition) is 2. The summed E-state index contributed by atoms with van der Waals surface area (Å²) in [6.07, 6.45) is 4.64. The second-order valence-corrected chi connectivity index (χ2v) is 7.51. The zero-order chi connectivity index (χ0) is 14.4. The van der Waals surface area contributed by atoms with Gasteiger partial charge >= 0.3 is 0 Å². The maximum atomic E-state index is 6.35. The highest BCUT2D eigenvalue weighted by molar-refractivity contribution is 9.10. The lowest BCUT2D eigenvalue weighted by Crippen LogP contribution is -2.39. The van der Waals surface area contributed by atoms with Crippen molar-refractivity contribution in [1.82, 2.24) is 0 Å². The van der Waals surface area contributed by atoms with Crippen LogP contribution in [0, 0.1) is 5.41 Å². The third-order valence-corrected chi connectivity index (χ3v) is 5.31. The quantitative estimate of drug-likeness (QED) is 0.748. The van der Waals surface area contributed by atoms with Gasteiger partial charge in [0.1, 0.15) is 0 Å². The van der Waals surface area contributed by atoms with Crippen molar-refractivity contribution >= 4 is 21.6 Å². The second-order valence-electron chi connectivity index (χ2n) is 6.60. The van der Waals surface area contributed by atoms with Gasteiger partial charge in [0.15, 0.2) is 5.72 Å². The van der Waals surface area contributed by atoms with Crippen LogP contribution in [0.2, 0.25) is 0 Å². The molecule has 0 saturated carbocycles. The number of nitrogens with zero attached hydrogens (tertiary/aromatic N) is 1. The minimum atomic E-state index is -0.296. The molecule has 1 saturated heterocycles. The molecule has 1 aromatic carbocycles. The van der Waals surface area contributed by atoms with Crippen LogP contribution >= 0.6 is 15.9 Å². The molecule has 1 spiro atoms. The molecule has 3 rings (SSSR count). The first-order valence-corrected chi connectivity index (χ1v) is 8.27. The molecule has 0 aromatic heterocycles. The molecule has 0 amide bonds. The molecule has 2 heterocycles. The lowest BCUT2D eigenvalue weighted by molar-refractivity contribution is -0.0984. The summed E-state index contributed by atoms with van der Waals surface area (Å²) in [7, 11) is 0. The van der Waals surface area contributed by atoms with Crippen LogP contribution in [0.15, 0.2) is 33.7 Å². The molecule has 108 valence electrons. The molecule has 1 fully saturated rings. The van der Waals surface area contributed by atoms with Gasteiger partial charge in [-0.1, -0.05) is 48.8 Å². The first-order chi connectivity index (χ1) is 9.46. The normalized spacial score (nSPS) is 31.8. The third-order valence-electron chi connectivity index (χ3n) is 4.78. The Kier molecular flexibility index (Phi) is 3.54. The van der Waals surface area contributed by atoms with Crippen molar-refractivity contribution < 1.29 is 4.74 Å². The zero-order valence-corrected chi connectivity index (χ0v) is 14.0. The van der Waals surface area contributed by atoms with Gasteiger partial charge in [-0.15, -0.1) is 0 Å². The average molecular weight is 336 g/mol. The van der Waals surface area contributed by atoms with Gasteiger partial charge in [-0.05, 0) is 43.4 Å². The van der Waals surface area contributed by atoms with Crippen LogP contribution in [-0.2, 0) is 4.74 Å². The molecule has 2 nitrogen and oxygen atoms in total. The van der Waals surface area contributed by atoms with E-state index in [9.17, 15) is 0 Å². The number of hydrogen-bond donors (Lipinski definition) is 0. The summed E-state index contributed by atoms with van der Waals surface area (Å²) < 4.78 is 7.46. The van der Waals surface area contributed by atoms with Gasteiger partial charge in [0.05, 0.1) is 6.10 Å². The molecule has 0 bridgehead atoms. The summed E-state index contributed by atoms with van der Waals surface area (Å²) in [5.41, 5.74) is 2.20. The van der Waals surface area contributed by atoms with Crippen molar-refractivity contribution in [2.24, 2.45) is 10.4 Å². The molecule has 0 N–H and O–H groups in total. The van der Waals surface area contributed by atoms with Crippen LogP contribution in [0.5, 0.6) is 0 Å². The van der Waals surface area contributed by atoms with E-state index in [2.05, 4.69) is 61.0 Å². The molecule has 0 radical (unpaired) electrons. The topological polar surface area (TPSA) is 21.6 Å². The predicted octanol–water partition coefficient (Wildman–Crippen LogP) is 4.95. The Labute approximate surface area is 129 Å². The molecule has 3 heteroatoms. The van der Waals surface area contributed by atoms with E-state index in [1.165, 1.54) is 11.3 Å². The summed E-state index contributed by atoms with van der Waals surface area (Å²) in [5.74, 6) is 0. The Morgan fingerprint density at radius 3 is 2.60 bits per heavy atom. The van der Waals surface area contributed by atoms with Crippen LogP contribution in [0.3, 0.4) is 0 Å². The van der Waals surface area contributed by atoms with Gasteiger partial charge in [0.2, 0.25) is 0 Å². The lowest BCUT2D eigenvalue weighted by Gasteiger charge is -2.35. The Morgan fingerprint density at radius 2 is 2.00 bits per heavy atom. The van der Waals surface area contributed by atoms with E-state index in [-0.39, 0.29) is 11.1 Å². The second kappa shape index (κ2) is 4.96. The zero-order valence-electron chi connectivity index (χ0n) is 12.4. The molecule has 2 aliphatic rings. The van der Waals surface area contributed by atoms with Crippen LogP contribution < -0.4 is 0 Å². The minimum absolute atomic E-state index is 0.0827. The summed E-state index contributed by atoms with van der Waals surface area (Å²) in [6.45, 7) is 6.78. The fourth-order valence-electron chi connectivity index (χ4n) is 3.39. The minimum Gasteiger partial charge on any atom is -0.350 e. The van der Waals surface area contributed by atoms with Crippen LogP contribution in [0.4, 0.5) is 0 Å². The fraction of sp³-hybridized carbons (Fsp3) is 0.588. The Hall–Kier alpha value is -0.670. The Balaban J connectivity index is 1.93. The van der Waals surface area contributed by atoms with Gasteiger partial charge < -0.3 is 4.74 Å². The molecular formula is C17H22BrNO. The molecule has 2 unspecified atom stereocenters. The largest absolute Gasteiger partial charge is 0.350 e. The molecule has 2 atom stereocenters. The fourth-order valence-corrected chi connectivity index (χ4v) is 3.66. The average Bonchev–Trinajstić information content (AvgIpc) is 2.94. The van der Waals surface area contributed by atoms with Crippen molar-refractivity contribution in [2.75, 3.05) is 0 Å². The van der Waals surface area contributed by atoms with Crippen molar-refractivity contribution in [3.63, 3.8) is 0 Å². The van der Waals surface area contributed by atoms with Gasteiger partial charge in [-0.2, -0.15) is 0 Å². The first-order valence-electron chi connectivity index (χ1n) is 7.48. The number of benzene rings is 1. The van der Waals surface area contributed by atoms with E-state index in [0.29, 0.717) is 6.10 Å². The van der Waals surface area contributed by atoms with E-state index in [0.717, 1.165) is 30.2 Å². The van der Waals surface area contributed by atoms with Gasteiger partial charge in [-0.3, -0.25) is 4.99 Å². The summed E-state index contributed by atoms with van der Waals surface area (Å²) >= 11 is 3.49. The SMILES string of the molecule is CCC1CCC2(N=C(c3ccc(Br)cc3)CC2(C)C)O1. The highest BCUT2D eigenvalue weighted by Crippen LogP contribution is 2.52. The summed E-state index contributed by atoms with van der Waals surface area (Å²) in [4.78, 5) is 5.05. The van der Waals surface area contributed by atoms with E-state index in [1.807, 2.05) is 0 Å². The molecule has 1 aromatic rings. The Bertz CT molecular complexity index is 534. The van der Waals surface area contributed by atoms with Crippen molar-refractivity contribution in [3.05, 3.63) is 34.3 Å². The monoisotopic (exact) mass is 335 g/mol. The highest BCUT2D eigenvalue weighted by atomic mass is 79.9. The lowest BCUT2D eigenvalue weighted by atomic mass is 9.78. The number of halogens is 1. The van der Waals surface area contributed by atoms with Crippen molar-refractivity contribution in [3.8, 4) is 0 Å². The predicted molar refractivity (Wildman–Crippen MR) is 86.2 cm³/mol. The maximum absolute atomic E-state index is 6.35. The van der Waals surface area contributed by atoms with Crippen LogP contribution in [-0.4, -0.2) is 17.5 Å². The third kappa shape index (κ3) is 2.25. The Morgan fingerprint density at radius 1 is 1.30 bits per heavy atom. The van der Waals surface area contributed by atoms with Crippen LogP contribution in [0.1, 0.15) is 52.0 Å². The smallest absolute Gasteiger partial charge is 0.165 e. The van der Waals surface area contributed by atoms with E-state index in [4.69, 9.17) is 9.73 Å². The first kappa shape index (κ1) is 14.3. The number of rotatable bonds is 2. The summed E-state index contributed by atoms with van der Waals surface area (Å²) in [5, 5.41) is 0. The van der Waals surface area contributed by atoms with Gasteiger partial charge in [0.25, 0.3) is 0 Å².